The van der Waals surface area contributed by atoms with Crippen molar-refractivity contribution in [1.82, 2.24) is 18.8 Å². The van der Waals surface area contributed by atoms with Crippen molar-refractivity contribution in [3.8, 4) is 0 Å². The summed E-state index contributed by atoms with van der Waals surface area (Å²) in [6.45, 7) is 7.26. The Kier molecular flexibility index (Phi) is 7.67. The van der Waals surface area contributed by atoms with Crippen LogP contribution in [0.25, 0.3) is 0 Å². The zero-order valence-electron chi connectivity index (χ0n) is 15.9. The third-order valence-electron chi connectivity index (χ3n) is 5.44. The number of hydrogen-bond donors (Lipinski definition) is 1. The molecule has 146 valence electrons. The fraction of sp³-hybridized carbons (Fsp3) is 0.941. The molecule has 1 amide bonds. The Morgan fingerprint density at radius 2 is 1.68 bits per heavy atom. The number of piperidine rings is 2. The molecular weight excluding hydrogens is 340 g/mol. The van der Waals surface area contributed by atoms with Crippen LogP contribution in [-0.4, -0.2) is 81.2 Å². The highest BCUT2D eigenvalue weighted by atomic mass is 32.2. The van der Waals surface area contributed by atoms with Gasteiger partial charge in [0.25, 0.3) is 10.2 Å². The topological polar surface area (TPSA) is 73.0 Å². The molecule has 0 saturated carbocycles. The number of nitrogens with zero attached hydrogens (tertiary/aromatic N) is 3. The fourth-order valence-electron chi connectivity index (χ4n) is 3.52. The van der Waals surface area contributed by atoms with E-state index in [9.17, 15) is 13.2 Å². The first-order valence-corrected chi connectivity index (χ1v) is 10.9. The Labute approximate surface area is 152 Å². The van der Waals surface area contributed by atoms with Crippen LogP contribution in [0, 0.1) is 11.8 Å². The smallest absolute Gasteiger partial charge is 0.281 e. The molecule has 0 atom stereocenters. The van der Waals surface area contributed by atoms with Gasteiger partial charge in [-0.2, -0.15) is 17.0 Å². The maximum absolute atomic E-state index is 12.3. The largest absolute Gasteiger partial charge is 0.356 e. The molecule has 0 aromatic rings. The lowest BCUT2D eigenvalue weighted by Gasteiger charge is -2.32. The Morgan fingerprint density at radius 3 is 2.24 bits per heavy atom. The summed E-state index contributed by atoms with van der Waals surface area (Å²) in [5.41, 5.74) is 0. The van der Waals surface area contributed by atoms with E-state index in [1.54, 1.807) is 0 Å². The van der Waals surface area contributed by atoms with Crippen LogP contribution in [-0.2, 0) is 15.0 Å². The quantitative estimate of drug-likeness (QED) is 0.667. The first-order chi connectivity index (χ1) is 11.8. The number of carbonyl (C=O) groups is 1. The second-order valence-corrected chi connectivity index (χ2v) is 9.77. The summed E-state index contributed by atoms with van der Waals surface area (Å²) in [6, 6.07) is 0. The van der Waals surface area contributed by atoms with Crippen molar-refractivity contribution in [3.63, 3.8) is 0 Å². The fourth-order valence-corrected chi connectivity index (χ4v) is 4.66. The second-order valence-electron chi connectivity index (χ2n) is 7.63. The van der Waals surface area contributed by atoms with Crippen molar-refractivity contribution in [2.75, 3.05) is 53.4 Å². The third kappa shape index (κ3) is 5.91. The number of carbonyl (C=O) groups excluding carboxylic acids is 1. The molecule has 0 aromatic heterocycles. The van der Waals surface area contributed by atoms with Crippen LogP contribution in [0.3, 0.4) is 0 Å². The maximum Gasteiger partial charge on any atom is 0.281 e. The molecule has 0 unspecified atom stereocenters. The predicted octanol–water partition coefficient (Wildman–Crippen LogP) is 0.743. The molecule has 0 aromatic carbocycles. The molecule has 7 nitrogen and oxygen atoms in total. The third-order valence-corrected chi connectivity index (χ3v) is 7.38. The van der Waals surface area contributed by atoms with Gasteiger partial charge in [-0.15, -0.1) is 0 Å². The lowest BCUT2D eigenvalue weighted by Crippen LogP contribution is -2.47. The van der Waals surface area contributed by atoms with Crippen LogP contribution in [0.15, 0.2) is 0 Å². The lowest BCUT2D eigenvalue weighted by atomic mass is 9.97. The number of nitrogens with one attached hydrogen (secondary N) is 1. The van der Waals surface area contributed by atoms with E-state index < -0.39 is 10.2 Å². The van der Waals surface area contributed by atoms with E-state index in [-0.39, 0.29) is 11.8 Å². The lowest BCUT2D eigenvalue weighted by molar-refractivity contribution is -0.126. The van der Waals surface area contributed by atoms with E-state index in [2.05, 4.69) is 17.1 Å². The van der Waals surface area contributed by atoms with Gasteiger partial charge in [-0.05, 0) is 57.7 Å². The molecule has 2 saturated heterocycles. The molecular formula is C17H34N4O3S. The van der Waals surface area contributed by atoms with Crippen LogP contribution in [0.4, 0.5) is 0 Å². The molecule has 2 fully saturated rings. The maximum atomic E-state index is 12.3. The highest BCUT2D eigenvalue weighted by Crippen LogP contribution is 2.20. The monoisotopic (exact) mass is 374 g/mol. The predicted molar refractivity (Wildman–Crippen MR) is 99.4 cm³/mol. The SMILES string of the molecule is CC1CCN(CCCNC(=O)C2CCN(S(=O)(=O)N(C)C)CC2)CC1. The number of likely N-dealkylation sites (tertiary alicyclic amines) is 1. The molecule has 0 bridgehead atoms. The van der Waals surface area contributed by atoms with E-state index in [0.717, 1.165) is 18.9 Å². The van der Waals surface area contributed by atoms with E-state index in [4.69, 9.17) is 0 Å². The van der Waals surface area contributed by atoms with Crippen LogP contribution in [0.5, 0.6) is 0 Å². The van der Waals surface area contributed by atoms with Gasteiger partial charge < -0.3 is 10.2 Å². The van der Waals surface area contributed by atoms with Crippen molar-refractivity contribution in [2.45, 2.75) is 39.0 Å². The van der Waals surface area contributed by atoms with Crippen molar-refractivity contribution in [2.24, 2.45) is 11.8 Å². The Morgan fingerprint density at radius 1 is 1.08 bits per heavy atom. The van der Waals surface area contributed by atoms with Gasteiger partial charge >= 0.3 is 0 Å². The van der Waals surface area contributed by atoms with Crippen molar-refractivity contribution >= 4 is 16.1 Å². The van der Waals surface area contributed by atoms with Crippen molar-refractivity contribution in [3.05, 3.63) is 0 Å². The van der Waals surface area contributed by atoms with Crippen molar-refractivity contribution in [1.29, 1.82) is 0 Å². The molecule has 25 heavy (non-hydrogen) atoms. The Balaban J connectivity index is 1.62. The van der Waals surface area contributed by atoms with E-state index in [1.165, 1.54) is 48.6 Å². The summed E-state index contributed by atoms with van der Waals surface area (Å²) in [7, 11) is -0.279. The standard InChI is InChI=1S/C17H34N4O3S/c1-15-5-11-20(12-6-15)10-4-9-18-17(22)16-7-13-21(14-8-16)25(23,24)19(2)3/h15-16H,4-14H2,1-3H3,(H,18,22). The van der Waals surface area contributed by atoms with Crippen LogP contribution >= 0.6 is 0 Å². The summed E-state index contributed by atoms with van der Waals surface area (Å²) in [5, 5.41) is 3.03. The minimum Gasteiger partial charge on any atom is -0.356 e. The van der Waals surface area contributed by atoms with E-state index in [1.807, 2.05) is 0 Å². The van der Waals surface area contributed by atoms with Gasteiger partial charge in [0.05, 0.1) is 0 Å². The molecule has 2 heterocycles. The van der Waals surface area contributed by atoms with Gasteiger partial charge in [0, 0.05) is 39.6 Å². The molecule has 2 rings (SSSR count). The minimum atomic E-state index is -3.36. The van der Waals surface area contributed by atoms with Gasteiger partial charge in [0.2, 0.25) is 5.91 Å². The van der Waals surface area contributed by atoms with E-state index in [0.29, 0.717) is 32.5 Å². The first kappa shape index (κ1) is 20.6. The first-order valence-electron chi connectivity index (χ1n) is 9.48. The number of hydrogen-bond acceptors (Lipinski definition) is 4. The van der Waals surface area contributed by atoms with Gasteiger partial charge in [0.15, 0.2) is 0 Å². The highest BCUT2D eigenvalue weighted by Gasteiger charge is 2.32. The molecule has 8 heteroatoms. The van der Waals surface area contributed by atoms with Crippen molar-refractivity contribution < 1.29 is 13.2 Å². The van der Waals surface area contributed by atoms with Gasteiger partial charge in [-0.1, -0.05) is 6.92 Å². The summed E-state index contributed by atoms with van der Waals surface area (Å²) < 4.78 is 26.9. The molecule has 0 aliphatic carbocycles. The molecule has 1 N–H and O–H groups in total. The van der Waals surface area contributed by atoms with Gasteiger partial charge in [0.1, 0.15) is 0 Å². The molecule has 2 aliphatic rings. The Bertz CT molecular complexity index is 522. The number of amides is 1. The molecule has 2 aliphatic heterocycles. The van der Waals surface area contributed by atoms with Crippen LogP contribution < -0.4 is 5.32 Å². The number of rotatable bonds is 7. The zero-order valence-corrected chi connectivity index (χ0v) is 16.7. The van der Waals surface area contributed by atoms with Crippen LogP contribution in [0.1, 0.15) is 39.0 Å². The highest BCUT2D eigenvalue weighted by molar-refractivity contribution is 7.86. The van der Waals surface area contributed by atoms with Crippen LogP contribution in [0.2, 0.25) is 0 Å². The molecule has 0 spiro atoms. The summed E-state index contributed by atoms with van der Waals surface area (Å²) >= 11 is 0. The average molecular weight is 375 g/mol. The summed E-state index contributed by atoms with van der Waals surface area (Å²) in [4.78, 5) is 14.8. The average Bonchev–Trinajstić information content (AvgIpc) is 2.60. The van der Waals surface area contributed by atoms with Gasteiger partial charge in [-0.25, -0.2) is 0 Å². The summed E-state index contributed by atoms with van der Waals surface area (Å²) in [5.74, 6) is 0.858. The normalized spacial score (nSPS) is 22.4. The Hall–Kier alpha value is -0.700. The molecule has 0 radical (unpaired) electrons. The zero-order chi connectivity index (χ0) is 18.4. The second kappa shape index (κ2) is 9.30. The summed E-state index contributed by atoms with van der Waals surface area (Å²) in [6.07, 6.45) is 4.74. The van der Waals surface area contributed by atoms with E-state index >= 15 is 0 Å². The minimum absolute atomic E-state index is 0.0653. The van der Waals surface area contributed by atoms with Gasteiger partial charge in [-0.3, -0.25) is 4.79 Å².